The fourth-order valence-corrected chi connectivity index (χ4v) is 4.18. The summed E-state index contributed by atoms with van der Waals surface area (Å²) in [6.45, 7) is 3.67. The molecule has 7 heteroatoms. The molecule has 0 saturated heterocycles. The van der Waals surface area contributed by atoms with E-state index in [2.05, 4.69) is 25.6 Å². The van der Waals surface area contributed by atoms with E-state index in [1.54, 1.807) is 0 Å². The van der Waals surface area contributed by atoms with Gasteiger partial charge in [-0.2, -0.15) is 0 Å². The summed E-state index contributed by atoms with van der Waals surface area (Å²) in [6.07, 6.45) is 1.44. The van der Waals surface area contributed by atoms with Gasteiger partial charge in [0.1, 0.15) is 10.0 Å². The fourth-order valence-electron chi connectivity index (χ4n) is 1.83. The predicted octanol–water partition coefficient (Wildman–Crippen LogP) is 3.92. The first kappa shape index (κ1) is 15.3. The van der Waals surface area contributed by atoms with Crippen LogP contribution in [0, 0.1) is 13.8 Å². The van der Waals surface area contributed by atoms with E-state index in [-0.39, 0.29) is 10.0 Å². The largest absolute Gasteiger partial charge is 0.279 e. The first-order valence-corrected chi connectivity index (χ1v) is 8.37. The second-order valence-electron chi connectivity index (χ2n) is 4.31. The number of benzene rings is 1. The Kier molecular flexibility index (Phi) is 4.36. The van der Waals surface area contributed by atoms with E-state index in [0.29, 0.717) is 5.69 Å². The maximum absolute atomic E-state index is 12.4. The lowest BCUT2D eigenvalue weighted by Crippen LogP contribution is -2.15. The van der Waals surface area contributed by atoms with Gasteiger partial charge in [0.05, 0.1) is 5.69 Å². The number of rotatable bonds is 3. The molecule has 0 aliphatic rings. The standard InChI is InChI=1S/C13H12BrClN2O2S/c1-8-6-10(14)7-9(2)12(8)17-20(18,19)11-4-3-5-16-13(11)15/h3-7,17H,1-2H3. The lowest BCUT2D eigenvalue weighted by Gasteiger charge is -2.14. The zero-order valence-electron chi connectivity index (χ0n) is 10.8. The van der Waals surface area contributed by atoms with Gasteiger partial charge in [-0.1, -0.05) is 27.5 Å². The number of hydrogen-bond donors (Lipinski definition) is 1. The molecule has 0 amide bonds. The number of pyridine rings is 1. The Balaban J connectivity index is 2.47. The van der Waals surface area contributed by atoms with Crippen LogP contribution in [0.4, 0.5) is 5.69 Å². The Hall–Kier alpha value is -1.11. The summed E-state index contributed by atoms with van der Waals surface area (Å²) < 4.78 is 28.2. The maximum Gasteiger partial charge on any atom is 0.264 e. The number of anilines is 1. The lowest BCUT2D eigenvalue weighted by molar-refractivity contribution is 0.601. The topological polar surface area (TPSA) is 59.1 Å². The Bertz CT molecular complexity index is 740. The maximum atomic E-state index is 12.4. The van der Waals surface area contributed by atoms with E-state index in [4.69, 9.17) is 11.6 Å². The zero-order chi connectivity index (χ0) is 14.9. The van der Waals surface area contributed by atoms with Crippen molar-refractivity contribution >= 4 is 43.2 Å². The number of sulfonamides is 1. The van der Waals surface area contributed by atoms with Crippen molar-refractivity contribution < 1.29 is 8.42 Å². The average molecular weight is 376 g/mol. The molecule has 0 aliphatic heterocycles. The monoisotopic (exact) mass is 374 g/mol. The number of hydrogen-bond acceptors (Lipinski definition) is 3. The van der Waals surface area contributed by atoms with Crippen LogP contribution in [0.15, 0.2) is 39.8 Å². The summed E-state index contributed by atoms with van der Waals surface area (Å²) >= 11 is 9.22. The molecule has 0 saturated carbocycles. The average Bonchev–Trinajstić information content (AvgIpc) is 2.34. The molecule has 1 heterocycles. The van der Waals surface area contributed by atoms with Gasteiger partial charge in [-0.3, -0.25) is 4.72 Å². The van der Waals surface area contributed by atoms with Crippen molar-refractivity contribution in [3.05, 3.63) is 51.2 Å². The smallest absolute Gasteiger partial charge is 0.264 e. The zero-order valence-corrected chi connectivity index (χ0v) is 14.0. The van der Waals surface area contributed by atoms with Crippen molar-refractivity contribution in [3.8, 4) is 0 Å². The van der Waals surface area contributed by atoms with E-state index < -0.39 is 10.0 Å². The molecule has 2 rings (SSSR count). The molecular formula is C13H12BrClN2O2S. The van der Waals surface area contributed by atoms with Crippen molar-refractivity contribution in [2.45, 2.75) is 18.7 Å². The third-order valence-electron chi connectivity index (χ3n) is 2.75. The molecule has 0 radical (unpaired) electrons. The highest BCUT2D eigenvalue weighted by Crippen LogP contribution is 2.28. The van der Waals surface area contributed by atoms with Crippen LogP contribution in [0.25, 0.3) is 0 Å². The van der Waals surface area contributed by atoms with E-state index in [9.17, 15) is 8.42 Å². The highest BCUT2D eigenvalue weighted by molar-refractivity contribution is 9.10. The molecule has 1 aromatic carbocycles. The van der Waals surface area contributed by atoms with Gasteiger partial charge in [-0.05, 0) is 49.2 Å². The van der Waals surface area contributed by atoms with Crippen LogP contribution in [0.2, 0.25) is 5.15 Å². The van der Waals surface area contributed by atoms with Crippen molar-refractivity contribution in [1.29, 1.82) is 0 Å². The van der Waals surface area contributed by atoms with E-state index in [1.807, 2.05) is 26.0 Å². The van der Waals surface area contributed by atoms with Gasteiger partial charge in [0.2, 0.25) is 0 Å². The molecule has 1 N–H and O–H groups in total. The number of aryl methyl sites for hydroxylation is 2. The minimum atomic E-state index is -3.76. The van der Waals surface area contributed by atoms with E-state index in [1.165, 1.54) is 18.3 Å². The van der Waals surface area contributed by atoms with E-state index >= 15 is 0 Å². The molecule has 20 heavy (non-hydrogen) atoms. The molecule has 0 spiro atoms. The van der Waals surface area contributed by atoms with Crippen LogP contribution in [-0.2, 0) is 10.0 Å². The van der Waals surface area contributed by atoms with Crippen LogP contribution in [0.5, 0.6) is 0 Å². The molecule has 4 nitrogen and oxygen atoms in total. The normalized spacial score (nSPS) is 11.4. The van der Waals surface area contributed by atoms with Crippen molar-refractivity contribution in [2.75, 3.05) is 4.72 Å². The van der Waals surface area contributed by atoms with Crippen LogP contribution < -0.4 is 4.72 Å². The summed E-state index contributed by atoms with van der Waals surface area (Å²) in [5.41, 5.74) is 2.19. The Labute approximate surface area is 131 Å². The van der Waals surface area contributed by atoms with Gasteiger partial charge in [0, 0.05) is 10.7 Å². The highest BCUT2D eigenvalue weighted by atomic mass is 79.9. The molecule has 106 valence electrons. The number of nitrogens with one attached hydrogen (secondary N) is 1. The summed E-state index contributed by atoms with van der Waals surface area (Å²) in [5, 5.41) is -0.0487. The number of nitrogens with zero attached hydrogens (tertiary/aromatic N) is 1. The van der Waals surface area contributed by atoms with Crippen LogP contribution in [0.1, 0.15) is 11.1 Å². The van der Waals surface area contributed by atoms with Crippen LogP contribution in [0.3, 0.4) is 0 Å². The highest BCUT2D eigenvalue weighted by Gasteiger charge is 2.20. The number of aromatic nitrogens is 1. The van der Waals surface area contributed by atoms with Crippen molar-refractivity contribution in [1.82, 2.24) is 4.98 Å². The van der Waals surface area contributed by atoms with Crippen LogP contribution in [-0.4, -0.2) is 13.4 Å². The molecular weight excluding hydrogens is 364 g/mol. The molecule has 0 aliphatic carbocycles. The minimum absolute atomic E-state index is 0.0385. The van der Waals surface area contributed by atoms with E-state index in [0.717, 1.165) is 15.6 Å². The predicted molar refractivity (Wildman–Crippen MR) is 83.7 cm³/mol. The Morgan fingerprint density at radius 2 is 1.85 bits per heavy atom. The van der Waals surface area contributed by atoms with Crippen molar-refractivity contribution in [2.24, 2.45) is 0 Å². The third kappa shape index (κ3) is 3.13. The minimum Gasteiger partial charge on any atom is -0.279 e. The number of halogens is 2. The fraction of sp³-hybridized carbons (Fsp3) is 0.154. The molecule has 2 aromatic rings. The first-order chi connectivity index (χ1) is 9.31. The molecule has 0 bridgehead atoms. The van der Waals surface area contributed by atoms with Gasteiger partial charge >= 0.3 is 0 Å². The quantitative estimate of drug-likeness (QED) is 0.827. The second-order valence-corrected chi connectivity index (χ2v) is 7.24. The van der Waals surface area contributed by atoms with Gasteiger partial charge in [0.15, 0.2) is 0 Å². The molecule has 1 aromatic heterocycles. The molecule has 0 fully saturated rings. The van der Waals surface area contributed by atoms with Gasteiger partial charge in [0.25, 0.3) is 10.0 Å². The third-order valence-corrected chi connectivity index (χ3v) is 5.00. The lowest BCUT2D eigenvalue weighted by atomic mass is 10.1. The second kappa shape index (κ2) is 5.71. The summed E-state index contributed by atoms with van der Waals surface area (Å²) in [7, 11) is -3.76. The van der Waals surface area contributed by atoms with Gasteiger partial charge in [-0.25, -0.2) is 13.4 Å². The molecule has 0 atom stereocenters. The SMILES string of the molecule is Cc1cc(Br)cc(C)c1NS(=O)(=O)c1cccnc1Cl. The molecule has 0 unspecified atom stereocenters. The Morgan fingerprint density at radius 1 is 1.25 bits per heavy atom. The summed E-state index contributed by atoms with van der Waals surface area (Å²) in [5.74, 6) is 0. The summed E-state index contributed by atoms with van der Waals surface area (Å²) in [6, 6.07) is 6.63. The van der Waals surface area contributed by atoms with Crippen LogP contribution >= 0.6 is 27.5 Å². The van der Waals surface area contributed by atoms with Gasteiger partial charge in [-0.15, -0.1) is 0 Å². The van der Waals surface area contributed by atoms with Gasteiger partial charge < -0.3 is 0 Å². The Morgan fingerprint density at radius 3 is 2.40 bits per heavy atom. The summed E-state index contributed by atoms with van der Waals surface area (Å²) in [4.78, 5) is 3.75. The van der Waals surface area contributed by atoms with Crippen molar-refractivity contribution in [3.63, 3.8) is 0 Å². The first-order valence-electron chi connectivity index (χ1n) is 5.71.